The number of carbonyl (C=O) groups is 2. The van der Waals surface area contributed by atoms with Crippen molar-refractivity contribution in [3.63, 3.8) is 0 Å². The Morgan fingerprint density at radius 1 is 1.30 bits per heavy atom. The van der Waals surface area contributed by atoms with Crippen LogP contribution in [0.3, 0.4) is 0 Å². The fourth-order valence-electron chi connectivity index (χ4n) is 2.09. The molecular formula is C16H19N3O3S. The summed E-state index contributed by atoms with van der Waals surface area (Å²) in [6.07, 6.45) is 0.592. The first-order valence-corrected chi connectivity index (χ1v) is 8.17. The summed E-state index contributed by atoms with van der Waals surface area (Å²) >= 11 is 0.977. The number of para-hydroxylation sites is 1. The Balaban J connectivity index is 1.95. The Bertz CT molecular complexity index is 697. The van der Waals surface area contributed by atoms with Crippen molar-refractivity contribution in [3.8, 4) is 0 Å². The first-order chi connectivity index (χ1) is 11.0. The topological polar surface area (TPSA) is 81.2 Å². The number of rotatable bonds is 6. The van der Waals surface area contributed by atoms with Gasteiger partial charge in [0, 0.05) is 5.69 Å². The summed E-state index contributed by atoms with van der Waals surface area (Å²) in [5, 5.41) is 6.63. The molecule has 1 N–H and O–H groups in total. The van der Waals surface area contributed by atoms with E-state index in [0.29, 0.717) is 17.0 Å². The molecule has 1 amide bonds. The number of benzene rings is 1. The SMILES string of the molecule is CCc1nnsc1C(=O)OCC(=O)Nc1ccccc1C(C)C. The molecule has 23 heavy (non-hydrogen) atoms. The zero-order chi connectivity index (χ0) is 16.8. The molecule has 1 aromatic heterocycles. The third-order valence-corrected chi connectivity index (χ3v) is 4.02. The fourth-order valence-corrected chi connectivity index (χ4v) is 2.74. The Hall–Kier alpha value is -2.28. The van der Waals surface area contributed by atoms with Gasteiger partial charge in [0.05, 0.1) is 5.69 Å². The predicted molar refractivity (Wildman–Crippen MR) is 88.7 cm³/mol. The highest BCUT2D eigenvalue weighted by Gasteiger charge is 2.18. The standard InChI is InChI=1S/C16H19N3O3S/c1-4-12-15(23-19-18-12)16(21)22-9-14(20)17-13-8-6-5-7-11(13)10(2)3/h5-8,10H,4,9H2,1-3H3,(H,17,20). The largest absolute Gasteiger partial charge is 0.451 e. The van der Waals surface area contributed by atoms with Crippen LogP contribution >= 0.6 is 11.5 Å². The van der Waals surface area contributed by atoms with Gasteiger partial charge in [-0.25, -0.2) is 4.79 Å². The van der Waals surface area contributed by atoms with Gasteiger partial charge >= 0.3 is 5.97 Å². The summed E-state index contributed by atoms with van der Waals surface area (Å²) in [6, 6.07) is 7.57. The number of hydrogen-bond acceptors (Lipinski definition) is 6. The van der Waals surface area contributed by atoms with Gasteiger partial charge < -0.3 is 10.1 Å². The lowest BCUT2D eigenvalue weighted by atomic mass is 10.0. The Morgan fingerprint density at radius 2 is 2.04 bits per heavy atom. The second kappa shape index (κ2) is 7.82. The van der Waals surface area contributed by atoms with Crippen LogP contribution < -0.4 is 5.32 Å². The zero-order valence-corrected chi connectivity index (χ0v) is 14.1. The van der Waals surface area contributed by atoms with Gasteiger partial charge in [0.1, 0.15) is 0 Å². The van der Waals surface area contributed by atoms with Crippen LogP contribution in [-0.4, -0.2) is 28.1 Å². The zero-order valence-electron chi connectivity index (χ0n) is 13.3. The van der Waals surface area contributed by atoms with Crippen molar-refractivity contribution in [2.75, 3.05) is 11.9 Å². The number of hydrogen-bond donors (Lipinski definition) is 1. The maximum Gasteiger partial charge on any atom is 0.352 e. The molecule has 0 spiro atoms. The molecule has 0 saturated heterocycles. The quantitative estimate of drug-likeness (QED) is 0.822. The smallest absolute Gasteiger partial charge is 0.352 e. The van der Waals surface area contributed by atoms with Crippen LogP contribution in [0.4, 0.5) is 5.69 Å². The summed E-state index contributed by atoms with van der Waals surface area (Å²) < 4.78 is 8.77. The normalized spacial score (nSPS) is 10.6. The van der Waals surface area contributed by atoms with Crippen LogP contribution in [0, 0.1) is 0 Å². The van der Waals surface area contributed by atoms with Gasteiger partial charge in [0.15, 0.2) is 11.5 Å². The van der Waals surface area contributed by atoms with Crippen molar-refractivity contribution in [1.29, 1.82) is 0 Å². The molecule has 7 heteroatoms. The molecule has 0 saturated carbocycles. The van der Waals surface area contributed by atoms with Crippen LogP contribution in [0.1, 0.15) is 47.6 Å². The minimum absolute atomic E-state index is 0.282. The minimum Gasteiger partial charge on any atom is -0.451 e. The monoisotopic (exact) mass is 333 g/mol. The highest BCUT2D eigenvalue weighted by atomic mass is 32.1. The van der Waals surface area contributed by atoms with E-state index in [4.69, 9.17) is 4.74 Å². The second-order valence-corrected chi connectivity index (χ2v) is 6.02. The lowest BCUT2D eigenvalue weighted by Crippen LogP contribution is -2.21. The van der Waals surface area contributed by atoms with E-state index >= 15 is 0 Å². The van der Waals surface area contributed by atoms with Crippen molar-refractivity contribution in [3.05, 3.63) is 40.4 Å². The molecule has 0 aliphatic rings. The van der Waals surface area contributed by atoms with Crippen molar-refractivity contribution >= 4 is 29.1 Å². The molecule has 0 bridgehead atoms. The summed E-state index contributed by atoms with van der Waals surface area (Å²) in [4.78, 5) is 24.3. The Kier molecular flexibility index (Phi) is 5.81. The van der Waals surface area contributed by atoms with Gasteiger partial charge in [-0.3, -0.25) is 4.79 Å². The van der Waals surface area contributed by atoms with Gasteiger partial charge in [-0.2, -0.15) is 0 Å². The molecule has 0 aliphatic heterocycles. The van der Waals surface area contributed by atoms with Gasteiger partial charge in [-0.15, -0.1) is 5.10 Å². The van der Waals surface area contributed by atoms with Crippen molar-refractivity contribution in [2.24, 2.45) is 0 Å². The van der Waals surface area contributed by atoms with Gasteiger partial charge in [0.25, 0.3) is 5.91 Å². The molecular weight excluding hydrogens is 314 g/mol. The van der Waals surface area contributed by atoms with E-state index in [2.05, 4.69) is 14.9 Å². The summed E-state index contributed by atoms with van der Waals surface area (Å²) in [6.45, 7) is 5.64. The Morgan fingerprint density at radius 3 is 2.74 bits per heavy atom. The molecule has 2 rings (SSSR count). The van der Waals surface area contributed by atoms with Gasteiger partial charge in [0.2, 0.25) is 0 Å². The van der Waals surface area contributed by atoms with E-state index in [0.717, 1.165) is 22.8 Å². The van der Waals surface area contributed by atoms with E-state index in [1.165, 1.54) is 0 Å². The molecule has 6 nitrogen and oxygen atoms in total. The molecule has 122 valence electrons. The summed E-state index contributed by atoms with van der Waals surface area (Å²) in [7, 11) is 0. The molecule has 0 atom stereocenters. The van der Waals surface area contributed by atoms with Gasteiger partial charge in [-0.1, -0.05) is 43.5 Å². The van der Waals surface area contributed by atoms with Gasteiger partial charge in [-0.05, 0) is 35.5 Å². The summed E-state index contributed by atoms with van der Waals surface area (Å²) in [5.74, 6) is -0.657. The highest BCUT2D eigenvalue weighted by Crippen LogP contribution is 2.23. The Labute approximate surface area is 139 Å². The third kappa shape index (κ3) is 4.35. The number of ether oxygens (including phenoxy) is 1. The molecule has 1 heterocycles. The first kappa shape index (κ1) is 17.1. The number of carbonyl (C=O) groups excluding carboxylic acids is 2. The maximum absolute atomic E-state index is 12.0. The number of esters is 1. The van der Waals surface area contributed by atoms with Crippen LogP contribution in [-0.2, 0) is 16.0 Å². The van der Waals surface area contributed by atoms with Crippen molar-refractivity contribution in [2.45, 2.75) is 33.1 Å². The van der Waals surface area contributed by atoms with Crippen LogP contribution in [0.25, 0.3) is 0 Å². The summed E-state index contributed by atoms with van der Waals surface area (Å²) in [5.41, 5.74) is 2.36. The predicted octanol–water partition coefficient (Wildman–Crippen LogP) is 3.02. The van der Waals surface area contributed by atoms with Crippen LogP contribution in [0.15, 0.2) is 24.3 Å². The maximum atomic E-state index is 12.0. The average molecular weight is 333 g/mol. The molecule has 0 unspecified atom stereocenters. The molecule has 0 fully saturated rings. The van der Waals surface area contributed by atoms with E-state index in [9.17, 15) is 9.59 Å². The number of aromatic nitrogens is 2. The number of nitrogens with zero attached hydrogens (tertiary/aromatic N) is 2. The second-order valence-electron chi connectivity index (χ2n) is 5.27. The highest BCUT2D eigenvalue weighted by molar-refractivity contribution is 7.07. The van der Waals surface area contributed by atoms with E-state index in [1.807, 2.05) is 45.0 Å². The van der Waals surface area contributed by atoms with E-state index in [-0.39, 0.29) is 18.4 Å². The van der Waals surface area contributed by atoms with Crippen LogP contribution in [0.2, 0.25) is 0 Å². The number of aryl methyl sites for hydroxylation is 1. The average Bonchev–Trinajstić information content (AvgIpc) is 3.01. The molecule has 2 aromatic rings. The minimum atomic E-state index is -0.566. The number of nitrogens with one attached hydrogen (secondary N) is 1. The molecule has 1 aromatic carbocycles. The fraction of sp³-hybridized carbons (Fsp3) is 0.375. The first-order valence-electron chi connectivity index (χ1n) is 7.40. The molecule has 0 radical (unpaired) electrons. The van der Waals surface area contributed by atoms with Crippen LogP contribution in [0.5, 0.6) is 0 Å². The van der Waals surface area contributed by atoms with E-state index < -0.39 is 5.97 Å². The lowest BCUT2D eigenvalue weighted by molar-refractivity contribution is -0.119. The van der Waals surface area contributed by atoms with E-state index in [1.54, 1.807) is 0 Å². The lowest BCUT2D eigenvalue weighted by Gasteiger charge is -2.13. The number of anilines is 1. The van der Waals surface area contributed by atoms with Crippen molar-refractivity contribution < 1.29 is 14.3 Å². The van der Waals surface area contributed by atoms with Crippen molar-refractivity contribution in [1.82, 2.24) is 9.59 Å². The number of amides is 1. The molecule has 0 aliphatic carbocycles. The third-order valence-electron chi connectivity index (χ3n) is 3.27.